The van der Waals surface area contributed by atoms with Crippen LogP contribution in [0.15, 0.2) is 109 Å². The van der Waals surface area contributed by atoms with Gasteiger partial charge in [-0.2, -0.15) is 26.3 Å². The van der Waals surface area contributed by atoms with E-state index in [1.54, 1.807) is 78.9 Å². The lowest BCUT2D eigenvalue weighted by Crippen LogP contribution is -2.54. The maximum absolute atomic E-state index is 15.4. The van der Waals surface area contributed by atoms with E-state index in [-0.39, 0.29) is 56.9 Å². The van der Waals surface area contributed by atoms with E-state index in [2.05, 4.69) is 24.4 Å². The molecule has 7 aliphatic rings. The number of carbonyl (C=O) groups is 6. The Morgan fingerprint density at radius 1 is 0.510 bits per heavy atom. The fourth-order valence-corrected chi connectivity index (χ4v) is 14.6. The van der Waals surface area contributed by atoms with Crippen LogP contribution in [0, 0.1) is 29.6 Å². The number of alkyl halides is 6. The number of carboxylic acid groups (broad SMARTS) is 1. The predicted molar refractivity (Wildman–Crippen MR) is 361 cm³/mol. The molecular formula is C73H73Cl5F6N2O14. The topological polar surface area (TPSA) is 225 Å². The smallest absolute Gasteiger partial charge is 0.377 e. The number of nitrogens with one attached hydrogen (secondary N) is 1. The van der Waals surface area contributed by atoms with Crippen molar-refractivity contribution >= 4 is 93.6 Å². The van der Waals surface area contributed by atoms with E-state index >= 15 is 8.78 Å². The largest absolute Gasteiger partial charge is 0.486 e. The number of Topliss-reactive ketones (excluding diaryl/α,β-unsaturated/α-hetero) is 1. The number of halogens is 11. The van der Waals surface area contributed by atoms with Gasteiger partial charge in [0.15, 0.2) is 17.6 Å². The van der Waals surface area contributed by atoms with Gasteiger partial charge in [0.2, 0.25) is 5.78 Å². The van der Waals surface area contributed by atoms with Gasteiger partial charge in [0, 0.05) is 61.2 Å². The van der Waals surface area contributed by atoms with Crippen molar-refractivity contribution in [1.29, 1.82) is 0 Å². The van der Waals surface area contributed by atoms with Crippen molar-refractivity contribution in [2.45, 2.75) is 113 Å². The second-order valence-corrected chi connectivity index (χ2v) is 27.8. The molecule has 1 saturated heterocycles. The summed E-state index contributed by atoms with van der Waals surface area (Å²) in [5, 5.41) is 34.7. The number of amides is 1. The van der Waals surface area contributed by atoms with Gasteiger partial charge in [-0.25, -0.2) is 19.2 Å². The lowest BCUT2D eigenvalue weighted by atomic mass is 9.95. The highest BCUT2D eigenvalue weighted by Crippen LogP contribution is 2.43. The molecular weight excluding hydrogens is 1420 g/mol. The Labute approximate surface area is 598 Å². The second-order valence-electron chi connectivity index (χ2n) is 25.6. The molecule has 6 aromatic carbocycles. The van der Waals surface area contributed by atoms with Gasteiger partial charge in [-0.3, -0.25) is 9.59 Å². The van der Waals surface area contributed by atoms with Crippen molar-refractivity contribution in [3.63, 3.8) is 0 Å². The van der Waals surface area contributed by atoms with E-state index in [9.17, 15) is 56.5 Å². The molecule has 2 aliphatic heterocycles. The molecule has 6 unspecified atom stereocenters. The van der Waals surface area contributed by atoms with Crippen molar-refractivity contribution in [2.24, 2.45) is 29.6 Å². The van der Waals surface area contributed by atoms with Crippen molar-refractivity contribution in [2.75, 3.05) is 54.2 Å². The molecule has 1 fully saturated rings. The van der Waals surface area contributed by atoms with Gasteiger partial charge < -0.3 is 49.2 Å². The molecule has 5 aliphatic carbocycles. The van der Waals surface area contributed by atoms with Crippen LogP contribution in [-0.2, 0) is 107 Å². The Morgan fingerprint density at radius 3 is 1.37 bits per heavy atom. The van der Waals surface area contributed by atoms with E-state index < -0.39 is 89.3 Å². The third kappa shape index (κ3) is 18.5. The molecule has 100 heavy (non-hydrogen) atoms. The number of esters is 3. The van der Waals surface area contributed by atoms with Crippen LogP contribution >= 0.6 is 58.0 Å². The first-order chi connectivity index (χ1) is 47.4. The third-order valence-corrected chi connectivity index (χ3v) is 20.2. The highest BCUT2D eigenvalue weighted by molar-refractivity contribution is 6.35. The van der Waals surface area contributed by atoms with Gasteiger partial charge in [-0.15, -0.1) is 0 Å². The molecule has 2 heterocycles. The lowest BCUT2D eigenvalue weighted by molar-refractivity contribution is -0.176. The highest BCUT2D eigenvalue weighted by Gasteiger charge is 2.52. The van der Waals surface area contributed by atoms with E-state index in [0.29, 0.717) is 81.1 Å². The molecule has 4 N–H and O–H groups in total. The molecule has 8 atom stereocenters. The number of aliphatic carboxylic acids is 1. The maximum Gasteiger partial charge on any atom is 0.377 e. The number of nitrogens with zero attached hydrogens (tertiary/aromatic N) is 1. The van der Waals surface area contributed by atoms with Crippen LogP contribution in [-0.4, -0.2) is 140 Å². The summed E-state index contributed by atoms with van der Waals surface area (Å²) in [5.74, 6) is -20.1. The quantitative estimate of drug-likeness (QED) is 0.0325. The van der Waals surface area contributed by atoms with Gasteiger partial charge in [0.1, 0.15) is 19.3 Å². The van der Waals surface area contributed by atoms with Crippen LogP contribution in [0.5, 0.6) is 11.5 Å². The van der Waals surface area contributed by atoms with Crippen molar-refractivity contribution in [3.05, 3.63) is 196 Å². The van der Waals surface area contributed by atoms with Crippen LogP contribution in [0.3, 0.4) is 0 Å². The first kappa shape index (κ1) is 77.0. The van der Waals surface area contributed by atoms with E-state index in [1.165, 1.54) is 14.2 Å². The summed E-state index contributed by atoms with van der Waals surface area (Å²) in [7, 11) is 3.47. The first-order valence-electron chi connectivity index (χ1n) is 32.2. The summed E-state index contributed by atoms with van der Waals surface area (Å²) < 4.78 is 109. The number of methoxy groups -OCH3 is 3. The monoisotopic (exact) mass is 1490 g/mol. The van der Waals surface area contributed by atoms with Crippen molar-refractivity contribution in [3.8, 4) is 11.5 Å². The van der Waals surface area contributed by atoms with Crippen LogP contribution in [0.4, 0.5) is 26.3 Å². The zero-order valence-corrected chi connectivity index (χ0v) is 58.2. The number of fused-ring (bicyclic) bond motifs is 6. The number of aliphatic hydroxyl groups excluding tert-OH is 2. The minimum absolute atomic E-state index is 0.0647. The second kappa shape index (κ2) is 33.3. The number of rotatable bonds is 15. The summed E-state index contributed by atoms with van der Waals surface area (Å²) >= 11 is 29.3. The van der Waals surface area contributed by atoms with Crippen molar-refractivity contribution in [1.82, 2.24) is 10.2 Å². The average molecular weight is 1490 g/mol. The Morgan fingerprint density at radius 2 is 0.910 bits per heavy atom. The fourth-order valence-electron chi connectivity index (χ4n) is 13.6. The van der Waals surface area contributed by atoms with Gasteiger partial charge in [-0.1, -0.05) is 94.4 Å². The number of aliphatic hydroxyl groups is 2. The normalized spacial score (nSPS) is 20.0. The van der Waals surface area contributed by atoms with Crippen LogP contribution < -0.4 is 14.8 Å². The van der Waals surface area contributed by atoms with Crippen LogP contribution in [0.25, 0.3) is 0 Å². The molecule has 0 saturated carbocycles. The number of carbonyl (C=O) groups excluding carboxylic acids is 5. The Kier molecular flexibility index (Phi) is 25.7. The molecule has 27 heteroatoms. The average Bonchev–Trinajstić information content (AvgIpc) is 1.68. The third-order valence-electron chi connectivity index (χ3n) is 19.0. The van der Waals surface area contributed by atoms with Gasteiger partial charge in [-0.05, 0) is 224 Å². The van der Waals surface area contributed by atoms with Gasteiger partial charge in [0.25, 0.3) is 5.91 Å². The number of carboxylic acids is 1. The van der Waals surface area contributed by atoms with Crippen LogP contribution in [0.1, 0.15) is 80.1 Å². The van der Waals surface area contributed by atoms with Gasteiger partial charge in [0.05, 0.1) is 27.4 Å². The molecule has 0 aromatic heterocycles. The number of ether oxygens (including phenoxy) is 5. The summed E-state index contributed by atoms with van der Waals surface area (Å²) in [6.45, 7) is 2.71. The number of likely N-dealkylation sites (tertiary alicyclic amines) is 1. The van der Waals surface area contributed by atoms with Crippen molar-refractivity contribution < 1.29 is 94.1 Å². The molecule has 0 radical (unpaired) electrons. The molecule has 13 rings (SSSR count). The maximum atomic E-state index is 15.4. The number of hydrogen-bond acceptors (Lipinski definition) is 14. The lowest BCUT2D eigenvalue weighted by Gasteiger charge is -2.31. The standard InChI is InChI=1S/C26H29ClF2N2O4.C12H11ClF2O2.C12H13ClO3.C12H11ClO3.C11H9ClF2O2/c27-20-5-3-16-11-19(12-18(16)13-20)26(28,29)25(33)30-21(15-31-7-1-2-8-31)24(32)17-4-6-22-23(14-17)35-10-9-34-22;1-17-11(16)12(14,15)9-4-7-2-3-10(13)6-8(7)5-9;2*1-16-12(15)11(14)9-4-7-2-3-10(13)6-8(7)5-9;12-9-2-1-6-3-8(4-7(6)5-9)11(13,14)10(15)16/h3-6,13-14,19,21,24,32H,1-2,7-12,15H2,(H,30,33);2-3,6,9H,4-5H2,1H3;2-3,6,9,11,14H,4-5H2,1H3;2-3,6,9H,4-5H2,1H3;1-2,5,8H,3-4H2,(H,15,16)/t19?,21-,24-;;;;/m1..../s1. The fraction of sp³-hybridized carbons (Fsp3) is 0.425. The van der Waals surface area contributed by atoms with Gasteiger partial charge >= 0.3 is 41.6 Å². The summed E-state index contributed by atoms with van der Waals surface area (Å²) in [6, 6.07) is 30.4. The Hall–Kier alpha value is -7.15. The zero-order chi connectivity index (χ0) is 72.5. The molecule has 0 bridgehead atoms. The first-order valence-corrected chi connectivity index (χ1v) is 34.1. The minimum Gasteiger partial charge on any atom is -0.486 e. The number of benzene rings is 6. The van der Waals surface area contributed by atoms with E-state index in [1.807, 2.05) is 30.3 Å². The van der Waals surface area contributed by atoms with Crippen LogP contribution in [0.2, 0.25) is 25.1 Å². The number of hydrogen-bond donors (Lipinski definition) is 4. The van der Waals surface area contributed by atoms with E-state index in [0.717, 1.165) is 88.7 Å². The summed E-state index contributed by atoms with van der Waals surface area (Å²) in [5.41, 5.74) is 9.50. The highest BCUT2D eigenvalue weighted by atomic mass is 35.5. The predicted octanol–water partition coefficient (Wildman–Crippen LogP) is 12.8. The summed E-state index contributed by atoms with van der Waals surface area (Å²) in [4.78, 5) is 70.5. The molecule has 0 spiro atoms. The molecule has 536 valence electrons. The molecule has 16 nitrogen and oxygen atoms in total. The number of ketones is 1. The SMILES string of the molecule is COC(=O)C(=O)C1Cc2ccc(Cl)cc2C1.COC(=O)C(F)(F)C1Cc2ccc(Cl)cc2C1.COC(=O)C(O)C1Cc2ccc(Cl)cc2C1.O=C(N[C@H](CN1CCCC1)[C@H](O)c1ccc2c(c1)OCCO2)C(F)(F)C1Cc2ccc(Cl)cc2C1.O=C(O)C(F)(F)C1Cc2ccc(Cl)cc2C1. The Balaban J connectivity index is 0.000000154. The van der Waals surface area contributed by atoms with E-state index in [4.69, 9.17) is 72.6 Å². The zero-order valence-electron chi connectivity index (χ0n) is 54.5. The summed E-state index contributed by atoms with van der Waals surface area (Å²) in [6.07, 6.45) is 2.97. The molecule has 6 aromatic rings. The molecule has 1 amide bonds. The Bertz CT molecular complexity index is 4010. The minimum atomic E-state index is -3.68.